The second-order valence-corrected chi connectivity index (χ2v) is 4.93. The fraction of sp³-hybridized carbons (Fsp3) is 0.692. The molecule has 0 aromatic rings. The van der Waals surface area contributed by atoms with Gasteiger partial charge in [0.1, 0.15) is 5.71 Å². The smallest absolute Gasteiger partial charge is 0.409 e. The minimum absolute atomic E-state index is 0.166. The minimum Gasteiger partial charge on any atom is -0.450 e. The second kappa shape index (κ2) is 7.05. The fourth-order valence-corrected chi connectivity index (χ4v) is 2.33. The monoisotopic (exact) mass is 296 g/mol. The van der Waals surface area contributed by atoms with Crippen LogP contribution in [0.25, 0.3) is 0 Å². The van der Waals surface area contributed by atoms with Crippen LogP contribution >= 0.6 is 0 Å². The van der Waals surface area contributed by atoms with Gasteiger partial charge in [-0.05, 0) is 13.3 Å². The van der Waals surface area contributed by atoms with Crippen molar-refractivity contribution in [1.82, 2.24) is 15.2 Å². The summed E-state index contributed by atoms with van der Waals surface area (Å²) in [6.07, 6.45) is 1.01. The van der Waals surface area contributed by atoms with Gasteiger partial charge in [0.15, 0.2) is 0 Å². The largest absolute Gasteiger partial charge is 0.450 e. The molecule has 0 saturated carbocycles. The molecule has 0 aromatic heterocycles. The molecule has 0 aliphatic carbocycles. The molecule has 8 nitrogen and oxygen atoms in total. The zero-order chi connectivity index (χ0) is 15.2. The fourth-order valence-electron chi connectivity index (χ4n) is 2.33. The van der Waals surface area contributed by atoms with Crippen LogP contribution in [0.1, 0.15) is 26.2 Å². The molecule has 3 amide bonds. The number of hydrogen-bond acceptors (Lipinski definition) is 5. The molecule has 21 heavy (non-hydrogen) atoms. The molecular weight excluding hydrogens is 276 g/mol. The zero-order valence-electron chi connectivity index (χ0n) is 12.1. The van der Waals surface area contributed by atoms with Crippen LogP contribution < -0.4 is 5.43 Å². The van der Waals surface area contributed by atoms with E-state index >= 15 is 0 Å². The van der Waals surface area contributed by atoms with Gasteiger partial charge < -0.3 is 14.5 Å². The van der Waals surface area contributed by atoms with E-state index in [1.54, 1.807) is 16.7 Å². The minimum atomic E-state index is -0.339. The summed E-state index contributed by atoms with van der Waals surface area (Å²) in [7, 11) is 0. The summed E-state index contributed by atoms with van der Waals surface area (Å²) in [5.74, 6) is -0.336. The van der Waals surface area contributed by atoms with Crippen LogP contribution in [0.2, 0.25) is 0 Å². The first-order valence-corrected chi connectivity index (χ1v) is 7.18. The number of rotatable bonds is 2. The number of ether oxygens (including phenoxy) is 1. The molecule has 2 aliphatic rings. The van der Waals surface area contributed by atoms with Crippen molar-refractivity contribution >= 4 is 23.6 Å². The Morgan fingerprint density at radius 3 is 2.57 bits per heavy atom. The number of carbonyl (C=O) groups is 3. The van der Waals surface area contributed by atoms with Crippen molar-refractivity contribution < 1.29 is 19.1 Å². The third-order valence-electron chi connectivity index (χ3n) is 3.46. The Kier molecular flexibility index (Phi) is 5.13. The first kappa shape index (κ1) is 15.3. The number of hydrazone groups is 1. The highest BCUT2D eigenvalue weighted by molar-refractivity contribution is 6.39. The van der Waals surface area contributed by atoms with E-state index in [0.29, 0.717) is 51.3 Å². The lowest BCUT2D eigenvalue weighted by Gasteiger charge is -2.23. The van der Waals surface area contributed by atoms with Crippen LogP contribution in [0.3, 0.4) is 0 Å². The summed E-state index contributed by atoms with van der Waals surface area (Å²) in [5, 5.41) is 3.82. The lowest BCUT2D eigenvalue weighted by molar-refractivity contribution is -0.124. The van der Waals surface area contributed by atoms with E-state index in [1.807, 2.05) is 0 Å². The number of carbonyl (C=O) groups excluding carboxylic acids is 3. The first-order chi connectivity index (χ1) is 10.1. The van der Waals surface area contributed by atoms with E-state index in [4.69, 9.17) is 4.74 Å². The SMILES string of the molecule is CCOC(=O)N1CCCN(C(=O)C2=NNC(=O)CC2)CC1. The second-order valence-electron chi connectivity index (χ2n) is 4.93. The van der Waals surface area contributed by atoms with E-state index in [1.165, 1.54) is 0 Å². The Labute approximate surface area is 123 Å². The average Bonchev–Trinajstić information content (AvgIpc) is 2.73. The number of amides is 3. The Balaban J connectivity index is 1.92. The average molecular weight is 296 g/mol. The van der Waals surface area contributed by atoms with Gasteiger partial charge in [-0.15, -0.1) is 0 Å². The highest BCUT2D eigenvalue weighted by atomic mass is 16.6. The van der Waals surface area contributed by atoms with E-state index in [9.17, 15) is 14.4 Å². The summed E-state index contributed by atoms with van der Waals surface area (Å²) in [4.78, 5) is 38.3. The van der Waals surface area contributed by atoms with Crippen molar-refractivity contribution in [3.8, 4) is 0 Å². The van der Waals surface area contributed by atoms with Crippen molar-refractivity contribution in [3.63, 3.8) is 0 Å². The molecule has 0 aromatic carbocycles. The molecular formula is C13H20N4O4. The summed E-state index contributed by atoms with van der Waals surface area (Å²) < 4.78 is 4.97. The standard InChI is InChI=1S/C13H20N4O4/c1-2-21-13(20)17-7-3-6-16(8-9-17)12(19)10-4-5-11(18)15-14-10/h2-9H2,1H3,(H,15,18). The Bertz CT molecular complexity index is 463. The number of nitrogens with zero attached hydrogens (tertiary/aromatic N) is 3. The summed E-state index contributed by atoms with van der Waals surface area (Å²) in [6, 6.07) is 0. The third kappa shape index (κ3) is 3.93. The van der Waals surface area contributed by atoms with Crippen LogP contribution in [0.4, 0.5) is 4.79 Å². The molecule has 0 bridgehead atoms. The molecule has 2 aliphatic heterocycles. The molecule has 1 saturated heterocycles. The molecule has 116 valence electrons. The topological polar surface area (TPSA) is 91.3 Å². The van der Waals surface area contributed by atoms with E-state index in [-0.39, 0.29) is 24.3 Å². The molecule has 2 heterocycles. The van der Waals surface area contributed by atoms with Gasteiger partial charge in [0.05, 0.1) is 6.61 Å². The lowest BCUT2D eigenvalue weighted by Crippen LogP contribution is -2.42. The number of hydrogen-bond donors (Lipinski definition) is 1. The van der Waals surface area contributed by atoms with Crippen molar-refractivity contribution in [2.24, 2.45) is 5.10 Å². The molecule has 1 fully saturated rings. The Morgan fingerprint density at radius 1 is 1.19 bits per heavy atom. The first-order valence-electron chi connectivity index (χ1n) is 7.18. The maximum atomic E-state index is 12.3. The maximum Gasteiger partial charge on any atom is 0.409 e. The summed E-state index contributed by atoms with van der Waals surface area (Å²) >= 11 is 0. The van der Waals surface area contributed by atoms with Gasteiger partial charge in [-0.2, -0.15) is 5.10 Å². The highest BCUT2D eigenvalue weighted by Gasteiger charge is 2.26. The summed E-state index contributed by atoms with van der Waals surface area (Å²) in [6.45, 7) is 4.15. The van der Waals surface area contributed by atoms with Crippen molar-refractivity contribution in [3.05, 3.63) is 0 Å². The van der Waals surface area contributed by atoms with Crippen LogP contribution in [-0.4, -0.2) is 66.2 Å². The normalized spacial score (nSPS) is 19.5. The molecule has 1 N–H and O–H groups in total. The van der Waals surface area contributed by atoms with Gasteiger partial charge in [-0.25, -0.2) is 10.2 Å². The van der Waals surface area contributed by atoms with Crippen molar-refractivity contribution in [2.45, 2.75) is 26.2 Å². The summed E-state index contributed by atoms with van der Waals surface area (Å²) in [5.41, 5.74) is 2.70. The van der Waals surface area contributed by atoms with Gasteiger partial charge in [-0.1, -0.05) is 0 Å². The van der Waals surface area contributed by atoms with Gasteiger partial charge in [0, 0.05) is 39.0 Å². The van der Waals surface area contributed by atoms with E-state index in [0.717, 1.165) is 0 Å². The quantitative estimate of drug-likeness (QED) is 0.773. The molecule has 0 spiro atoms. The van der Waals surface area contributed by atoms with Crippen LogP contribution in [0, 0.1) is 0 Å². The predicted octanol–water partition coefficient (Wildman–Crippen LogP) is -0.0568. The molecule has 8 heteroatoms. The Morgan fingerprint density at radius 2 is 1.90 bits per heavy atom. The Hall–Kier alpha value is -2.12. The number of nitrogens with one attached hydrogen (secondary N) is 1. The van der Waals surface area contributed by atoms with Crippen molar-refractivity contribution in [1.29, 1.82) is 0 Å². The zero-order valence-corrected chi connectivity index (χ0v) is 12.1. The van der Waals surface area contributed by atoms with Gasteiger partial charge >= 0.3 is 6.09 Å². The highest BCUT2D eigenvalue weighted by Crippen LogP contribution is 2.09. The van der Waals surface area contributed by atoms with Gasteiger partial charge in [-0.3, -0.25) is 9.59 Å². The molecule has 0 radical (unpaired) electrons. The van der Waals surface area contributed by atoms with Crippen LogP contribution in [0.5, 0.6) is 0 Å². The van der Waals surface area contributed by atoms with Crippen LogP contribution in [0.15, 0.2) is 5.10 Å². The maximum absolute atomic E-state index is 12.3. The molecule has 0 atom stereocenters. The lowest BCUT2D eigenvalue weighted by atomic mass is 10.1. The van der Waals surface area contributed by atoms with E-state index in [2.05, 4.69) is 10.5 Å². The third-order valence-corrected chi connectivity index (χ3v) is 3.46. The van der Waals surface area contributed by atoms with Gasteiger partial charge in [0.25, 0.3) is 5.91 Å². The van der Waals surface area contributed by atoms with Gasteiger partial charge in [0.2, 0.25) is 5.91 Å². The van der Waals surface area contributed by atoms with E-state index < -0.39 is 0 Å². The molecule has 0 unspecified atom stereocenters. The van der Waals surface area contributed by atoms with Crippen LogP contribution in [-0.2, 0) is 14.3 Å². The molecule has 2 rings (SSSR count). The van der Waals surface area contributed by atoms with Crippen molar-refractivity contribution in [2.75, 3.05) is 32.8 Å². The predicted molar refractivity (Wildman–Crippen MR) is 74.6 cm³/mol.